The van der Waals surface area contributed by atoms with Crippen LogP contribution in [-0.4, -0.2) is 16.8 Å². The molecule has 5 nitrogen and oxygen atoms in total. The monoisotopic (exact) mass is 253 g/mol. The van der Waals surface area contributed by atoms with Gasteiger partial charge in [-0.2, -0.15) is 0 Å². The number of rotatable bonds is 2. The molecule has 0 atom stereocenters. The normalized spacial score (nSPS) is 10.9. The van der Waals surface area contributed by atoms with Gasteiger partial charge in [-0.1, -0.05) is 36.4 Å². The van der Waals surface area contributed by atoms with Crippen LogP contribution in [0.2, 0.25) is 0 Å². The average molecular weight is 253 g/mol. The molecule has 0 radical (unpaired) electrons. The fourth-order valence-corrected chi connectivity index (χ4v) is 2.38. The first-order valence-electron chi connectivity index (χ1n) is 5.72. The van der Waals surface area contributed by atoms with Crippen LogP contribution in [0.15, 0.2) is 36.4 Å². The number of hydrogen-bond acceptors (Lipinski definition) is 2. The molecule has 19 heavy (non-hydrogen) atoms. The van der Waals surface area contributed by atoms with E-state index in [1.807, 2.05) is 30.3 Å². The van der Waals surface area contributed by atoms with Crippen LogP contribution in [0.1, 0.15) is 20.8 Å². The van der Waals surface area contributed by atoms with E-state index in [0.717, 1.165) is 10.8 Å². The third kappa shape index (κ3) is 1.55. The van der Waals surface area contributed by atoms with Crippen LogP contribution in [0.3, 0.4) is 0 Å². The second-order valence-electron chi connectivity index (χ2n) is 4.31. The molecule has 0 saturated carbocycles. The molecule has 2 amide bonds. The molecule has 1 aromatic heterocycles. The lowest BCUT2D eigenvalue weighted by Gasteiger charge is -1.99. The molecule has 1 heterocycles. The van der Waals surface area contributed by atoms with Crippen LogP contribution >= 0.6 is 0 Å². The van der Waals surface area contributed by atoms with Crippen molar-refractivity contribution in [2.24, 2.45) is 11.5 Å². The summed E-state index contributed by atoms with van der Waals surface area (Å²) < 4.78 is 0. The van der Waals surface area contributed by atoms with Crippen molar-refractivity contribution in [1.29, 1.82) is 0 Å². The van der Waals surface area contributed by atoms with Gasteiger partial charge in [-0.15, -0.1) is 0 Å². The van der Waals surface area contributed by atoms with Gasteiger partial charge < -0.3 is 16.5 Å². The summed E-state index contributed by atoms with van der Waals surface area (Å²) in [6.45, 7) is 0. The van der Waals surface area contributed by atoms with E-state index in [4.69, 9.17) is 11.5 Å². The standard InChI is InChI=1S/C14H11N3O2/c15-13(18)10-9-6-5-7-3-1-2-4-8(7)11(9)17-12(10)14(16)19/h1-6,17H,(H2,15,18)(H2,16,19). The van der Waals surface area contributed by atoms with Gasteiger partial charge in [0.05, 0.1) is 11.1 Å². The number of H-pyrrole nitrogens is 1. The first-order valence-corrected chi connectivity index (χ1v) is 5.72. The summed E-state index contributed by atoms with van der Waals surface area (Å²) in [5.41, 5.74) is 11.5. The van der Waals surface area contributed by atoms with E-state index >= 15 is 0 Å². The molecule has 5 N–H and O–H groups in total. The number of primary amides is 2. The predicted octanol–water partition coefficient (Wildman–Crippen LogP) is 1.52. The van der Waals surface area contributed by atoms with E-state index in [2.05, 4.69) is 4.98 Å². The Labute approximate surface area is 108 Å². The van der Waals surface area contributed by atoms with Crippen LogP contribution in [0.5, 0.6) is 0 Å². The van der Waals surface area contributed by atoms with E-state index in [9.17, 15) is 9.59 Å². The maximum absolute atomic E-state index is 11.5. The van der Waals surface area contributed by atoms with Gasteiger partial charge in [0.1, 0.15) is 5.69 Å². The number of hydrogen-bond donors (Lipinski definition) is 3. The van der Waals surface area contributed by atoms with Crippen molar-refractivity contribution in [3.05, 3.63) is 47.7 Å². The fourth-order valence-electron chi connectivity index (χ4n) is 2.38. The molecule has 0 aliphatic rings. The number of amides is 2. The molecule has 3 rings (SSSR count). The predicted molar refractivity (Wildman–Crippen MR) is 72.8 cm³/mol. The number of aromatic amines is 1. The summed E-state index contributed by atoms with van der Waals surface area (Å²) in [7, 11) is 0. The molecular weight excluding hydrogens is 242 g/mol. The van der Waals surface area contributed by atoms with Gasteiger partial charge in [-0.3, -0.25) is 9.59 Å². The summed E-state index contributed by atoms with van der Waals surface area (Å²) in [5.74, 6) is -1.37. The third-order valence-electron chi connectivity index (χ3n) is 3.19. The second kappa shape index (κ2) is 3.84. The zero-order chi connectivity index (χ0) is 13.6. The largest absolute Gasteiger partial charge is 0.366 e. The van der Waals surface area contributed by atoms with E-state index < -0.39 is 11.8 Å². The molecule has 0 fully saturated rings. The summed E-state index contributed by atoms with van der Waals surface area (Å²) in [6, 6.07) is 11.3. The van der Waals surface area contributed by atoms with Crippen molar-refractivity contribution in [2.75, 3.05) is 0 Å². The van der Waals surface area contributed by atoms with E-state index in [-0.39, 0.29) is 11.3 Å². The highest BCUT2D eigenvalue weighted by molar-refractivity contribution is 6.19. The van der Waals surface area contributed by atoms with Crippen molar-refractivity contribution in [1.82, 2.24) is 4.98 Å². The Kier molecular flexibility index (Phi) is 2.28. The Balaban J connectivity index is 2.53. The smallest absolute Gasteiger partial charge is 0.265 e. The fraction of sp³-hybridized carbons (Fsp3) is 0. The first kappa shape index (κ1) is 11.3. The number of benzene rings is 2. The number of nitrogens with two attached hydrogens (primary N) is 2. The maximum atomic E-state index is 11.5. The van der Waals surface area contributed by atoms with Crippen LogP contribution < -0.4 is 11.5 Å². The van der Waals surface area contributed by atoms with Gasteiger partial charge in [0.25, 0.3) is 11.8 Å². The SMILES string of the molecule is NC(=O)c1[nH]c2c(ccc3ccccc32)c1C(N)=O. The minimum absolute atomic E-state index is 0.0545. The Morgan fingerprint density at radius 1 is 0.895 bits per heavy atom. The Bertz CT molecular complexity index is 833. The number of aromatic nitrogens is 1. The van der Waals surface area contributed by atoms with E-state index in [1.165, 1.54) is 0 Å². The molecule has 0 bridgehead atoms. The van der Waals surface area contributed by atoms with E-state index in [0.29, 0.717) is 10.9 Å². The minimum atomic E-state index is -0.700. The number of nitrogens with one attached hydrogen (secondary N) is 1. The average Bonchev–Trinajstić information content (AvgIpc) is 2.78. The topological polar surface area (TPSA) is 102 Å². The minimum Gasteiger partial charge on any atom is -0.366 e. The summed E-state index contributed by atoms with van der Waals surface area (Å²) in [5, 5.41) is 2.53. The molecule has 0 saturated heterocycles. The van der Waals surface area contributed by atoms with Crippen molar-refractivity contribution in [3.8, 4) is 0 Å². The highest BCUT2D eigenvalue weighted by Gasteiger charge is 2.20. The van der Waals surface area contributed by atoms with Crippen molar-refractivity contribution in [3.63, 3.8) is 0 Å². The number of carbonyl (C=O) groups is 2. The lowest BCUT2D eigenvalue weighted by molar-refractivity contribution is 0.0966. The molecule has 0 unspecified atom stereocenters. The molecular formula is C14H11N3O2. The Hall–Kier alpha value is -2.82. The number of fused-ring (bicyclic) bond motifs is 3. The quantitative estimate of drug-likeness (QED) is 0.644. The molecule has 0 aliphatic heterocycles. The van der Waals surface area contributed by atoms with Crippen LogP contribution in [0.4, 0.5) is 0 Å². The molecule has 94 valence electrons. The van der Waals surface area contributed by atoms with Gasteiger partial charge >= 0.3 is 0 Å². The van der Waals surface area contributed by atoms with Crippen molar-refractivity contribution >= 4 is 33.5 Å². The van der Waals surface area contributed by atoms with Crippen LogP contribution in [0, 0.1) is 0 Å². The van der Waals surface area contributed by atoms with E-state index in [1.54, 1.807) is 6.07 Å². The molecule has 3 aromatic rings. The summed E-state index contributed by atoms with van der Waals surface area (Å²) >= 11 is 0. The maximum Gasteiger partial charge on any atom is 0.265 e. The highest BCUT2D eigenvalue weighted by Crippen LogP contribution is 2.29. The number of carbonyl (C=O) groups excluding carboxylic acids is 2. The Morgan fingerprint density at radius 3 is 2.32 bits per heavy atom. The third-order valence-corrected chi connectivity index (χ3v) is 3.19. The van der Waals surface area contributed by atoms with Gasteiger partial charge in [0, 0.05) is 10.8 Å². The van der Waals surface area contributed by atoms with Crippen molar-refractivity contribution < 1.29 is 9.59 Å². The van der Waals surface area contributed by atoms with Crippen molar-refractivity contribution in [2.45, 2.75) is 0 Å². The molecule has 0 aliphatic carbocycles. The van der Waals surface area contributed by atoms with Gasteiger partial charge in [-0.25, -0.2) is 0 Å². The lowest BCUT2D eigenvalue weighted by atomic mass is 10.0. The molecule has 5 heteroatoms. The van der Waals surface area contributed by atoms with Crippen LogP contribution in [-0.2, 0) is 0 Å². The van der Waals surface area contributed by atoms with Gasteiger partial charge in [0.15, 0.2) is 0 Å². The lowest BCUT2D eigenvalue weighted by Crippen LogP contribution is -2.19. The second-order valence-corrected chi connectivity index (χ2v) is 4.31. The van der Waals surface area contributed by atoms with Crippen LogP contribution in [0.25, 0.3) is 21.7 Å². The first-order chi connectivity index (χ1) is 9.09. The zero-order valence-corrected chi connectivity index (χ0v) is 9.94. The Morgan fingerprint density at radius 2 is 1.63 bits per heavy atom. The summed E-state index contributed by atoms with van der Waals surface area (Å²) in [4.78, 5) is 25.9. The molecule has 2 aromatic carbocycles. The van der Waals surface area contributed by atoms with Gasteiger partial charge in [-0.05, 0) is 5.39 Å². The zero-order valence-electron chi connectivity index (χ0n) is 9.94. The highest BCUT2D eigenvalue weighted by atomic mass is 16.2. The summed E-state index contributed by atoms with van der Waals surface area (Å²) in [6.07, 6.45) is 0. The molecule has 0 spiro atoms. The van der Waals surface area contributed by atoms with Gasteiger partial charge in [0.2, 0.25) is 0 Å².